The summed E-state index contributed by atoms with van der Waals surface area (Å²) in [4.78, 5) is 12.4. The maximum atomic E-state index is 13.3. The second kappa shape index (κ2) is 7.58. The molecule has 0 radical (unpaired) electrons. The molecule has 1 aromatic carbocycles. The highest BCUT2D eigenvalue weighted by molar-refractivity contribution is 5.92. The highest BCUT2D eigenvalue weighted by Crippen LogP contribution is 2.38. The summed E-state index contributed by atoms with van der Waals surface area (Å²) in [6.07, 6.45) is 5.88. The molecule has 1 aliphatic rings. The van der Waals surface area contributed by atoms with E-state index < -0.39 is 0 Å². The Morgan fingerprint density at radius 3 is 2.73 bits per heavy atom. The summed E-state index contributed by atoms with van der Waals surface area (Å²) in [5.74, 6) is -0.103. The van der Waals surface area contributed by atoms with Gasteiger partial charge in [0, 0.05) is 12.5 Å². The number of benzene rings is 1. The lowest BCUT2D eigenvalue weighted by molar-refractivity contribution is -0.118. The molecule has 0 aliphatic heterocycles. The van der Waals surface area contributed by atoms with Crippen LogP contribution in [0.2, 0.25) is 0 Å². The zero-order valence-electron chi connectivity index (χ0n) is 13.2. The lowest BCUT2D eigenvalue weighted by Crippen LogP contribution is -2.36. The summed E-state index contributed by atoms with van der Waals surface area (Å²) >= 11 is 0. The molecule has 122 valence electrons. The van der Waals surface area contributed by atoms with Gasteiger partial charge < -0.3 is 15.8 Å². The van der Waals surface area contributed by atoms with Crippen LogP contribution in [0, 0.1) is 11.2 Å². The van der Waals surface area contributed by atoms with E-state index in [1.807, 2.05) is 6.92 Å². The van der Waals surface area contributed by atoms with Gasteiger partial charge in [-0.1, -0.05) is 19.3 Å². The Morgan fingerprint density at radius 2 is 2.09 bits per heavy atom. The molecule has 2 rings (SSSR count). The second-order valence-corrected chi connectivity index (χ2v) is 6.06. The van der Waals surface area contributed by atoms with Crippen molar-refractivity contribution in [1.29, 1.82) is 0 Å². The van der Waals surface area contributed by atoms with Gasteiger partial charge >= 0.3 is 0 Å². The topological polar surface area (TPSA) is 64.3 Å². The molecular formula is C17H25FN2O2. The van der Waals surface area contributed by atoms with Crippen molar-refractivity contribution in [2.24, 2.45) is 11.1 Å². The highest BCUT2D eigenvalue weighted by atomic mass is 19.1. The normalized spacial score (nSPS) is 17.0. The average molecular weight is 308 g/mol. The summed E-state index contributed by atoms with van der Waals surface area (Å²) in [7, 11) is 0. The molecule has 0 heterocycles. The summed E-state index contributed by atoms with van der Waals surface area (Å²) in [5.41, 5.74) is 6.34. The summed E-state index contributed by atoms with van der Waals surface area (Å²) < 4.78 is 18.7. The van der Waals surface area contributed by atoms with Gasteiger partial charge in [0.25, 0.3) is 0 Å². The number of carbonyl (C=O) groups is 1. The fourth-order valence-corrected chi connectivity index (χ4v) is 3.16. The van der Waals surface area contributed by atoms with Crippen LogP contribution in [0.5, 0.6) is 5.75 Å². The van der Waals surface area contributed by atoms with E-state index in [0.29, 0.717) is 31.0 Å². The zero-order valence-corrected chi connectivity index (χ0v) is 13.2. The Hall–Kier alpha value is -1.62. The van der Waals surface area contributed by atoms with E-state index >= 15 is 0 Å². The molecule has 0 bridgehead atoms. The standard InChI is InChI=1S/C17H25FN2O2/c1-2-22-15-10-13(18)6-7-14(15)20-16(21)11-17(12-19)8-4-3-5-9-17/h6-7,10H,2-5,8-9,11-12,19H2,1H3,(H,20,21). The number of nitrogens with one attached hydrogen (secondary N) is 1. The number of ether oxygens (including phenoxy) is 1. The first-order valence-electron chi connectivity index (χ1n) is 8.01. The third kappa shape index (κ3) is 4.19. The van der Waals surface area contributed by atoms with Gasteiger partial charge in [0.15, 0.2) is 0 Å². The molecule has 1 aromatic rings. The molecule has 22 heavy (non-hydrogen) atoms. The minimum Gasteiger partial charge on any atom is -0.492 e. The van der Waals surface area contributed by atoms with Gasteiger partial charge in [-0.2, -0.15) is 0 Å². The highest BCUT2D eigenvalue weighted by Gasteiger charge is 2.33. The lowest BCUT2D eigenvalue weighted by Gasteiger charge is -2.35. The Bertz CT molecular complexity index is 513. The van der Waals surface area contributed by atoms with E-state index in [1.165, 1.54) is 24.6 Å². The quantitative estimate of drug-likeness (QED) is 0.846. The van der Waals surface area contributed by atoms with Crippen LogP contribution in [0.1, 0.15) is 45.4 Å². The molecule has 1 saturated carbocycles. The third-order valence-corrected chi connectivity index (χ3v) is 4.40. The van der Waals surface area contributed by atoms with Crippen LogP contribution in [-0.2, 0) is 4.79 Å². The van der Waals surface area contributed by atoms with Crippen molar-refractivity contribution in [2.45, 2.75) is 45.4 Å². The Kier molecular flexibility index (Phi) is 5.77. The van der Waals surface area contributed by atoms with Gasteiger partial charge in [0.05, 0.1) is 12.3 Å². The number of nitrogens with two attached hydrogens (primary N) is 1. The molecular weight excluding hydrogens is 283 g/mol. The van der Waals surface area contributed by atoms with Gasteiger partial charge in [0.2, 0.25) is 5.91 Å². The van der Waals surface area contributed by atoms with E-state index in [0.717, 1.165) is 25.7 Å². The first-order chi connectivity index (χ1) is 10.6. The Labute approximate surface area is 131 Å². The van der Waals surface area contributed by atoms with Crippen LogP contribution in [0.4, 0.5) is 10.1 Å². The predicted octanol–water partition coefficient (Wildman–Crippen LogP) is 3.46. The molecule has 1 fully saturated rings. The van der Waals surface area contributed by atoms with Gasteiger partial charge in [-0.05, 0) is 43.9 Å². The zero-order chi connectivity index (χ0) is 16.0. The van der Waals surface area contributed by atoms with Crippen molar-refractivity contribution >= 4 is 11.6 Å². The summed E-state index contributed by atoms with van der Waals surface area (Å²) in [6, 6.07) is 4.14. The first-order valence-corrected chi connectivity index (χ1v) is 8.01. The van der Waals surface area contributed by atoms with Crippen molar-refractivity contribution in [3.63, 3.8) is 0 Å². The third-order valence-electron chi connectivity index (χ3n) is 4.40. The van der Waals surface area contributed by atoms with Crippen molar-refractivity contribution in [1.82, 2.24) is 0 Å². The van der Waals surface area contributed by atoms with Crippen molar-refractivity contribution in [2.75, 3.05) is 18.5 Å². The van der Waals surface area contributed by atoms with Gasteiger partial charge in [0.1, 0.15) is 11.6 Å². The number of hydrogen-bond donors (Lipinski definition) is 2. The molecule has 0 unspecified atom stereocenters. The smallest absolute Gasteiger partial charge is 0.225 e. The minimum atomic E-state index is -0.382. The molecule has 0 atom stereocenters. The molecule has 1 amide bonds. The maximum absolute atomic E-state index is 13.3. The monoisotopic (exact) mass is 308 g/mol. The van der Waals surface area contributed by atoms with Crippen LogP contribution in [0.3, 0.4) is 0 Å². The Morgan fingerprint density at radius 1 is 1.36 bits per heavy atom. The molecule has 0 saturated heterocycles. The maximum Gasteiger partial charge on any atom is 0.225 e. The number of rotatable bonds is 6. The predicted molar refractivity (Wildman–Crippen MR) is 85.4 cm³/mol. The molecule has 4 nitrogen and oxygen atoms in total. The summed E-state index contributed by atoms with van der Waals surface area (Å²) in [5, 5.41) is 2.84. The SMILES string of the molecule is CCOc1cc(F)ccc1NC(=O)CC1(CN)CCCCC1. The van der Waals surface area contributed by atoms with Gasteiger partial charge in [-0.3, -0.25) is 4.79 Å². The van der Waals surface area contributed by atoms with E-state index in [-0.39, 0.29) is 17.1 Å². The van der Waals surface area contributed by atoms with Crippen molar-refractivity contribution < 1.29 is 13.9 Å². The van der Waals surface area contributed by atoms with E-state index in [9.17, 15) is 9.18 Å². The number of carbonyl (C=O) groups excluding carboxylic acids is 1. The van der Waals surface area contributed by atoms with Crippen molar-refractivity contribution in [3.05, 3.63) is 24.0 Å². The lowest BCUT2D eigenvalue weighted by atomic mass is 9.71. The van der Waals surface area contributed by atoms with Crippen LogP contribution < -0.4 is 15.8 Å². The van der Waals surface area contributed by atoms with Gasteiger partial charge in [-0.15, -0.1) is 0 Å². The molecule has 5 heteroatoms. The van der Waals surface area contributed by atoms with E-state index in [2.05, 4.69) is 5.32 Å². The fourth-order valence-electron chi connectivity index (χ4n) is 3.16. The van der Waals surface area contributed by atoms with Crippen LogP contribution in [-0.4, -0.2) is 19.1 Å². The van der Waals surface area contributed by atoms with Crippen LogP contribution in [0.25, 0.3) is 0 Å². The number of halogens is 1. The van der Waals surface area contributed by atoms with Crippen LogP contribution in [0.15, 0.2) is 18.2 Å². The van der Waals surface area contributed by atoms with Gasteiger partial charge in [-0.25, -0.2) is 4.39 Å². The fraction of sp³-hybridized carbons (Fsp3) is 0.588. The molecule has 0 spiro atoms. The summed E-state index contributed by atoms with van der Waals surface area (Å²) in [6.45, 7) is 2.77. The first kappa shape index (κ1) is 16.7. The number of hydrogen-bond acceptors (Lipinski definition) is 3. The van der Waals surface area contributed by atoms with Crippen LogP contribution >= 0.6 is 0 Å². The molecule has 0 aromatic heterocycles. The second-order valence-electron chi connectivity index (χ2n) is 6.06. The molecule has 3 N–H and O–H groups in total. The minimum absolute atomic E-state index is 0.0834. The molecule has 1 aliphatic carbocycles. The van der Waals surface area contributed by atoms with E-state index in [4.69, 9.17) is 10.5 Å². The van der Waals surface area contributed by atoms with E-state index in [1.54, 1.807) is 0 Å². The number of amides is 1. The average Bonchev–Trinajstić information content (AvgIpc) is 2.51. The van der Waals surface area contributed by atoms with Crippen molar-refractivity contribution in [3.8, 4) is 5.75 Å². The largest absolute Gasteiger partial charge is 0.492 e. The Balaban J connectivity index is 2.05. The number of anilines is 1.